The normalized spacial score (nSPS) is 24.9. The van der Waals surface area contributed by atoms with Crippen LogP contribution in [0.4, 0.5) is 0 Å². The first kappa shape index (κ1) is 9.72. The molecule has 1 aliphatic rings. The van der Waals surface area contributed by atoms with Gasteiger partial charge in [0, 0.05) is 6.54 Å². The number of amides is 1. The largest absolute Gasteiger partial charge is 0.355 e. The Morgan fingerprint density at radius 3 is 2.80 bits per heavy atom. The lowest BCUT2D eigenvalue weighted by molar-refractivity contribution is -0.124. The van der Waals surface area contributed by atoms with E-state index in [0.29, 0.717) is 0 Å². The van der Waals surface area contributed by atoms with Crippen molar-refractivity contribution in [2.24, 2.45) is 0 Å². The zero-order chi connectivity index (χ0) is 6.69. The maximum atomic E-state index is 10.9. The number of likely N-dealkylation sites (N-methyl/N-ethyl adjacent to an activating group) is 1. The molecule has 1 unspecified atom stereocenters. The molecule has 0 saturated carbocycles. The second kappa shape index (κ2) is 4.52. The van der Waals surface area contributed by atoms with Crippen molar-refractivity contribution in [2.45, 2.75) is 18.9 Å². The van der Waals surface area contributed by atoms with Crippen LogP contribution in [0.5, 0.6) is 0 Å². The molecule has 2 N–H and O–H groups in total. The highest BCUT2D eigenvalue weighted by Gasteiger charge is 2.18. The average Bonchev–Trinajstić information content (AvgIpc) is 1.89. The molecular formula is C6H13ClN2O. The first-order chi connectivity index (χ1) is 4.34. The highest BCUT2D eigenvalue weighted by Crippen LogP contribution is 2.00. The van der Waals surface area contributed by atoms with E-state index in [-0.39, 0.29) is 24.4 Å². The lowest BCUT2D eigenvalue weighted by atomic mass is 10.1. The van der Waals surface area contributed by atoms with Crippen molar-refractivity contribution in [1.29, 1.82) is 0 Å². The minimum absolute atomic E-state index is 0. The van der Waals surface area contributed by atoms with Crippen LogP contribution in [-0.4, -0.2) is 25.5 Å². The number of carbonyl (C=O) groups is 1. The van der Waals surface area contributed by atoms with Gasteiger partial charge < -0.3 is 10.6 Å². The maximum Gasteiger partial charge on any atom is 0.237 e. The number of hydrogen-bond donors (Lipinski definition) is 2. The highest BCUT2D eigenvalue weighted by atomic mass is 35.5. The second-order valence-corrected chi connectivity index (χ2v) is 2.27. The van der Waals surface area contributed by atoms with Crippen molar-refractivity contribution in [3.05, 3.63) is 0 Å². The Kier molecular flexibility index (Phi) is 4.40. The third-order valence-electron chi connectivity index (χ3n) is 1.63. The standard InChI is InChI=1S/C6H12N2O.ClH/c1-7-5-3-2-4-8-6(5)9;/h5,7H,2-4H2,1H3,(H,8,9);1H. The van der Waals surface area contributed by atoms with Crippen LogP contribution in [0.3, 0.4) is 0 Å². The van der Waals surface area contributed by atoms with Gasteiger partial charge in [0.25, 0.3) is 0 Å². The summed E-state index contributed by atoms with van der Waals surface area (Å²) in [4.78, 5) is 10.9. The fourth-order valence-corrected chi connectivity index (χ4v) is 1.05. The number of rotatable bonds is 1. The van der Waals surface area contributed by atoms with Gasteiger partial charge in [0.15, 0.2) is 0 Å². The minimum Gasteiger partial charge on any atom is -0.355 e. The van der Waals surface area contributed by atoms with E-state index in [1.165, 1.54) is 0 Å². The van der Waals surface area contributed by atoms with Crippen LogP contribution in [0.2, 0.25) is 0 Å². The lowest BCUT2D eigenvalue weighted by Gasteiger charge is -2.20. The SMILES string of the molecule is CNC1CCCNC1=O.Cl. The van der Waals surface area contributed by atoms with E-state index >= 15 is 0 Å². The van der Waals surface area contributed by atoms with Gasteiger partial charge in [-0.25, -0.2) is 0 Å². The topological polar surface area (TPSA) is 41.1 Å². The third-order valence-corrected chi connectivity index (χ3v) is 1.63. The smallest absolute Gasteiger partial charge is 0.237 e. The summed E-state index contributed by atoms with van der Waals surface area (Å²) in [5.74, 6) is 0.142. The molecule has 0 aromatic rings. The van der Waals surface area contributed by atoms with Gasteiger partial charge in [-0.1, -0.05) is 0 Å². The molecule has 1 amide bonds. The molecule has 60 valence electrons. The van der Waals surface area contributed by atoms with Crippen LogP contribution >= 0.6 is 12.4 Å². The van der Waals surface area contributed by atoms with E-state index in [1.54, 1.807) is 0 Å². The van der Waals surface area contributed by atoms with Crippen LogP contribution in [0.25, 0.3) is 0 Å². The summed E-state index contributed by atoms with van der Waals surface area (Å²) in [6.07, 6.45) is 2.07. The van der Waals surface area contributed by atoms with E-state index in [0.717, 1.165) is 19.4 Å². The molecule has 4 heteroatoms. The number of piperidine rings is 1. The Morgan fingerprint density at radius 2 is 2.40 bits per heavy atom. The predicted molar refractivity (Wildman–Crippen MR) is 42.3 cm³/mol. The van der Waals surface area contributed by atoms with Crippen LogP contribution in [-0.2, 0) is 4.79 Å². The quantitative estimate of drug-likeness (QED) is 0.569. The lowest BCUT2D eigenvalue weighted by Crippen LogP contribution is -2.46. The van der Waals surface area contributed by atoms with Crippen LogP contribution in [0.15, 0.2) is 0 Å². The van der Waals surface area contributed by atoms with E-state index < -0.39 is 0 Å². The predicted octanol–water partition coefficient (Wildman–Crippen LogP) is -0.0938. The summed E-state index contributed by atoms with van der Waals surface area (Å²) >= 11 is 0. The second-order valence-electron chi connectivity index (χ2n) is 2.27. The molecule has 1 saturated heterocycles. The zero-order valence-electron chi connectivity index (χ0n) is 6.02. The number of carbonyl (C=O) groups excluding carboxylic acids is 1. The summed E-state index contributed by atoms with van der Waals surface area (Å²) in [7, 11) is 1.82. The van der Waals surface area contributed by atoms with E-state index in [9.17, 15) is 4.79 Å². The summed E-state index contributed by atoms with van der Waals surface area (Å²) in [5, 5.41) is 5.72. The molecule has 0 spiro atoms. The molecule has 1 heterocycles. The number of hydrogen-bond acceptors (Lipinski definition) is 2. The molecule has 1 fully saturated rings. The molecule has 1 atom stereocenters. The van der Waals surface area contributed by atoms with Crippen molar-refractivity contribution in [2.75, 3.05) is 13.6 Å². The van der Waals surface area contributed by atoms with Gasteiger partial charge in [-0.15, -0.1) is 12.4 Å². The Bertz CT molecular complexity index is 118. The Labute approximate surface area is 67.0 Å². The van der Waals surface area contributed by atoms with Crippen molar-refractivity contribution < 1.29 is 4.79 Å². The van der Waals surface area contributed by atoms with Crippen LogP contribution < -0.4 is 10.6 Å². The Balaban J connectivity index is 0.000000810. The first-order valence-electron chi connectivity index (χ1n) is 3.29. The van der Waals surface area contributed by atoms with Crippen molar-refractivity contribution >= 4 is 18.3 Å². The van der Waals surface area contributed by atoms with Crippen molar-refractivity contribution in [1.82, 2.24) is 10.6 Å². The molecule has 3 nitrogen and oxygen atoms in total. The molecule has 0 aliphatic carbocycles. The van der Waals surface area contributed by atoms with Crippen LogP contribution in [0, 0.1) is 0 Å². The number of nitrogens with one attached hydrogen (secondary N) is 2. The molecule has 0 radical (unpaired) electrons. The first-order valence-corrected chi connectivity index (χ1v) is 3.29. The Morgan fingerprint density at radius 1 is 1.70 bits per heavy atom. The zero-order valence-corrected chi connectivity index (χ0v) is 6.83. The summed E-state index contributed by atoms with van der Waals surface area (Å²) in [6, 6.07) is 0.0544. The van der Waals surface area contributed by atoms with Gasteiger partial charge in [-0.2, -0.15) is 0 Å². The molecule has 0 aromatic carbocycles. The Hall–Kier alpha value is -0.280. The van der Waals surface area contributed by atoms with Gasteiger partial charge in [0.2, 0.25) is 5.91 Å². The third kappa shape index (κ3) is 2.15. The summed E-state index contributed by atoms with van der Waals surface area (Å²) < 4.78 is 0. The molecule has 1 rings (SSSR count). The molecule has 10 heavy (non-hydrogen) atoms. The molecule has 0 aromatic heterocycles. The average molecular weight is 165 g/mol. The monoisotopic (exact) mass is 164 g/mol. The molecular weight excluding hydrogens is 152 g/mol. The minimum atomic E-state index is 0. The summed E-state index contributed by atoms with van der Waals surface area (Å²) in [5.41, 5.74) is 0. The van der Waals surface area contributed by atoms with E-state index in [1.807, 2.05) is 7.05 Å². The maximum absolute atomic E-state index is 10.9. The fraction of sp³-hybridized carbons (Fsp3) is 0.833. The number of halogens is 1. The fourth-order valence-electron chi connectivity index (χ4n) is 1.05. The van der Waals surface area contributed by atoms with Gasteiger partial charge in [0.1, 0.15) is 0 Å². The molecule has 1 aliphatic heterocycles. The highest BCUT2D eigenvalue weighted by molar-refractivity contribution is 5.85. The van der Waals surface area contributed by atoms with Gasteiger partial charge >= 0.3 is 0 Å². The summed E-state index contributed by atoms with van der Waals surface area (Å²) in [6.45, 7) is 0.844. The molecule has 0 bridgehead atoms. The van der Waals surface area contributed by atoms with Crippen LogP contribution in [0.1, 0.15) is 12.8 Å². The van der Waals surface area contributed by atoms with E-state index in [4.69, 9.17) is 0 Å². The van der Waals surface area contributed by atoms with Gasteiger partial charge in [-0.3, -0.25) is 4.79 Å². The van der Waals surface area contributed by atoms with Crippen molar-refractivity contribution in [3.8, 4) is 0 Å². The van der Waals surface area contributed by atoms with Gasteiger partial charge in [-0.05, 0) is 19.9 Å². The van der Waals surface area contributed by atoms with Crippen molar-refractivity contribution in [3.63, 3.8) is 0 Å². The van der Waals surface area contributed by atoms with Gasteiger partial charge in [0.05, 0.1) is 6.04 Å². The van der Waals surface area contributed by atoms with E-state index in [2.05, 4.69) is 10.6 Å².